The Balaban J connectivity index is 2.02. The summed E-state index contributed by atoms with van der Waals surface area (Å²) in [4.78, 5) is 4.49. The van der Waals surface area contributed by atoms with Gasteiger partial charge in [-0.2, -0.15) is 11.8 Å². The highest BCUT2D eigenvalue weighted by Crippen LogP contribution is 2.28. The normalized spacial score (nSPS) is 20.2. The first kappa shape index (κ1) is 11.0. The van der Waals surface area contributed by atoms with Gasteiger partial charge in [0, 0.05) is 6.54 Å². The summed E-state index contributed by atoms with van der Waals surface area (Å²) in [5.41, 5.74) is 9.48. The number of benzene rings is 1. The van der Waals surface area contributed by atoms with Crippen molar-refractivity contribution in [2.45, 2.75) is 19.9 Å². The van der Waals surface area contributed by atoms with Crippen molar-refractivity contribution in [2.75, 3.05) is 17.2 Å². The fraction of sp³-hybridized carbons (Fsp3) is 0.462. The summed E-state index contributed by atoms with van der Waals surface area (Å²) < 4.78 is 2.18. The van der Waals surface area contributed by atoms with Crippen LogP contribution in [-0.4, -0.2) is 21.1 Å². The van der Waals surface area contributed by atoms with Crippen molar-refractivity contribution in [1.29, 1.82) is 0 Å². The molecule has 0 spiro atoms. The maximum atomic E-state index is 6.05. The highest BCUT2D eigenvalue weighted by Gasteiger charge is 2.18. The molecule has 17 heavy (non-hydrogen) atoms. The van der Waals surface area contributed by atoms with Crippen molar-refractivity contribution < 1.29 is 0 Å². The molecule has 0 saturated carbocycles. The Kier molecular flexibility index (Phi) is 2.74. The van der Waals surface area contributed by atoms with Gasteiger partial charge < -0.3 is 10.3 Å². The summed E-state index contributed by atoms with van der Waals surface area (Å²) in [6, 6.07) is 6.29. The zero-order chi connectivity index (χ0) is 11.8. The molecular weight excluding hydrogens is 230 g/mol. The third-order valence-electron chi connectivity index (χ3n) is 3.47. The third kappa shape index (κ3) is 1.90. The number of fused-ring (bicyclic) bond motifs is 1. The van der Waals surface area contributed by atoms with Gasteiger partial charge in [0.05, 0.1) is 11.0 Å². The Morgan fingerprint density at radius 1 is 1.53 bits per heavy atom. The summed E-state index contributed by atoms with van der Waals surface area (Å²) in [6.07, 6.45) is 1.30. The number of hydrogen-bond donors (Lipinski definition) is 1. The van der Waals surface area contributed by atoms with E-state index in [1.54, 1.807) is 0 Å². The number of para-hydroxylation sites is 1. The number of thioether (sulfide) groups is 1. The minimum atomic E-state index is 0.659. The molecule has 2 N–H and O–H groups in total. The molecular formula is C13H17N3S. The van der Waals surface area contributed by atoms with E-state index < -0.39 is 0 Å². The molecule has 0 radical (unpaired) electrons. The van der Waals surface area contributed by atoms with Gasteiger partial charge in [0.1, 0.15) is 0 Å². The van der Waals surface area contributed by atoms with E-state index in [0.717, 1.165) is 18.0 Å². The Bertz CT molecular complexity index is 541. The molecule has 1 unspecified atom stereocenters. The highest BCUT2D eigenvalue weighted by atomic mass is 32.2. The fourth-order valence-corrected chi connectivity index (χ4v) is 3.75. The summed E-state index contributed by atoms with van der Waals surface area (Å²) >= 11 is 2.04. The quantitative estimate of drug-likeness (QED) is 0.887. The standard InChI is InChI=1S/C13H17N3S/c1-9-3-2-4-11-12(9)15-13(14)16(11)7-10-5-6-17-8-10/h2-4,10H,5-8H2,1H3,(H2,14,15). The number of imidazole rings is 1. The van der Waals surface area contributed by atoms with Gasteiger partial charge in [-0.3, -0.25) is 0 Å². The summed E-state index contributed by atoms with van der Waals surface area (Å²) in [5.74, 6) is 3.95. The largest absolute Gasteiger partial charge is 0.369 e. The molecule has 0 bridgehead atoms. The molecule has 90 valence electrons. The number of anilines is 1. The number of hydrogen-bond acceptors (Lipinski definition) is 3. The zero-order valence-corrected chi connectivity index (χ0v) is 10.8. The Hall–Kier alpha value is -1.16. The highest BCUT2D eigenvalue weighted by molar-refractivity contribution is 7.99. The molecule has 2 aromatic rings. The van der Waals surface area contributed by atoms with Gasteiger partial charge in [0.25, 0.3) is 0 Å². The lowest BCUT2D eigenvalue weighted by molar-refractivity contribution is 0.505. The van der Waals surface area contributed by atoms with E-state index in [0.29, 0.717) is 5.95 Å². The lowest BCUT2D eigenvalue weighted by atomic mass is 10.1. The second kappa shape index (κ2) is 4.26. The third-order valence-corrected chi connectivity index (χ3v) is 4.71. The molecule has 4 heteroatoms. The second-order valence-electron chi connectivity index (χ2n) is 4.75. The maximum absolute atomic E-state index is 6.05. The van der Waals surface area contributed by atoms with Crippen molar-refractivity contribution in [1.82, 2.24) is 9.55 Å². The monoisotopic (exact) mass is 247 g/mol. The number of nitrogens with zero attached hydrogens (tertiary/aromatic N) is 2. The SMILES string of the molecule is Cc1cccc2c1nc(N)n2CC1CCSC1. The molecule has 3 rings (SSSR count). The van der Waals surface area contributed by atoms with Crippen LogP contribution in [-0.2, 0) is 6.54 Å². The Morgan fingerprint density at radius 2 is 2.41 bits per heavy atom. The van der Waals surface area contributed by atoms with Crippen LogP contribution in [0, 0.1) is 12.8 Å². The first-order valence-electron chi connectivity index (χ1n) is 6.05. The number of aryl methyl sites for hydroxylation is 1. The summed E-state index contributed by atoms with van der Waals surface area (Å²) in [7, 11) is 0. The molecule has 1 aromatic carbocycles. The van der Waals surface area contributed by atoms with Crippen LogP contribution in [0.25, 0.3) is 11.0 Å². The van der Waals surface area contributed by atoms with E-state index in [4.69, 9.17) is 5.73 Å². The number of rotatable bonds is 2. The molecule has 1 atom stereocenters. The predicted molar refractivity (Wildman–Crippen MR) is 74.3 cm³/mol. The van der Waals surface area contributed by atoms with E-state index in [1.807, 2.05) is 11.8 Å². The van der Waals surface area contributed by atoms with E-state index in [2.05, 4.69) is 34.7 Å². The molecule has 1 saturated heterocycles. The molecule has 2 heterocycles. The average Bonchev–Trinajstić information content (AvgIpc) is 2.91. The van der Waals surface area contributed by atoms with Gasteiger partial charge in [0.2, 0.25) is 5.95 Å². The smallest absolute Gasteiger partial charge is 0.201 e. The van der Waals surface area contributed by atoms with E-state index in [-0.39, 0.29) is 0 Å². The van der Waals surface area contributed by atoms with Gasteiger partial charge in [-0.05, 0) is 42.4 Å². The molecule has 1 aliphatic heterocycles. The van der Waals surface area contributed by atoms with Crippen molar-refractivity contribution in [3.63, 3.8) is 0 Å². The first-order chi connectivity index (χ1) is 8.25. The van der Waals surface area contributed by atoms with Gasteiger partial charge in [-0.25, -0.2) is 4.98 Å². The van der Waals surface area contributed by atoms with Gasteiger partial charge in [-0.1, -0.05) is 12.1 Å². The van der Waals surface area contributed by atoms with Crippen molar-refractivity contribution in [3.05, 3.63) is 23.8 Å². The number of nitrogen functional groups attached to an aromatic ring is 1. The lowest BCUT2D eigenvalue weighted by Gasteiger charge is -2.11. The molecule has 0 aliphatic carbocycles. The fourth-order valence-electron chi connectivity index (χ4n) is 2.48. The minimum absolute atomic E-state index is 0.659. The van der Waals surface area contributed by atoms with Crippen molar-refractivity contribution in [2.24, 2.45) is 5.92 Å². The van der Waals surface area contributed by atoms with Crippen LogP contribution in [0.4, 0.5) is 5.95 Å². The maximum Gasteiger partial charge on any atom is 0.201 e. The van der Waals surface area contributed by atoms with Crippen LogP contribution < -0.4 is 5.73 Å². The second-order valence-corrected chi connectivity index (χ2v) is 5.90. The van der Waals surface area contributed by atoms with Gasteiger partial charge in [-0.15, -0.1) is 0 Å². The van der Waals surface area contributed by atoms with Crippen molar-refractivity contribution >= 4 is 28.7 Å². The number of nitrogens with two attached hydrogens (primary N) is 1. The van der Waals surface area contributed by atoms with Crippen LogP contribution in [0.5, 0.6) is 0 Å². The molecule has 0 amide bonds. The first-order valence-corrected chi connectivity index (χ1v) is 7.20. The zero-order valence-electron chi connectivity index (χ0n) is 10.0. The Labute approximate surface area is 105 Å². The molecule has 1 aromatic heterocycles. The summed E-state index contributed by atoms with van der Waals surface area (Å²) in [6.45, 7) is 3.10. The predicted octanol–water partition coefficient (Wildman–Crippen LogP) is 2.68. The topological polar surface area (TPSA) is 43.8 Å². The van der Waals surface area contributed by atoms with Crippen LogP contribution in [0.15, 0.2) is 18.2 Å². The summed E-state index contributed by atoms with van der Waals surface area (Å²) in [5, 5.41) is 0. The van der Waals surface area contributed by atoms with Crippen LogP contribution in [0.2, 0.25) is 0 Å². The van der Waals surface area contributed by atoms with Gasteiger partial charge >= 0.3 is 0 Å². The molecule has 1 aliphatic rings. The minimum Gasteiger partial charge on any atom is -0.369 e. The lowest BCUT2D eigenvalue weighted by Crippen LogP contribution is -2.12. The van der Waals surface area contributed by atoms with E-state index >= 15 is 0 Å². The Morgan fingerprint density at radius 3 is 3.18 bits per heavy atom. The van der Waals surface area contributed by atoms with E-state index in [1.165, 1.54) is 29.0 Å². The average molecular weight is 247 g/mol. The van der Waals surface area contributed by atoms with E-state index in [9.17, 15) is 0 Å². The van der Waals surface area contributed by atoms with Crippen LogP contribution >= 0.6 is 11.8 Å². The van der Waals surface area contributed by atoms with Gasteiger partial charge in [0.15, 0.2) is 0 Å². The molecule has 3 nitrogen and oxygen atoms in total. The van der Waals surface area contributed by atoms with Crippen LogP contribution in [0.1, 0.15) is 12.0 Å². The van der Waals surface area contributed by atoms with Crippen LogP contribution in [0.3, 0.4) is 0 Å². The number of aromatic nitrogens is 2. The molecule has 1 fully saturated rings. The van der Waals surface area contributed by atoms with Crippen molar-refractivity contribution in [3.8, 4) is 0 Å².